The molecule has 1 atom stereocenters. The van der Waals surface area contributed by atoms with Crippen LogP contribution >= 0.6 is 0 Å². The fourth-order valence-corrected chi connectivity index (χ4v) is 3.59. The molecular weight excluding hydrogens is 304 g/mol. The number of rotatable bonds is 8. The molecule has 5 heteroatoms. The number of aryl methyl sites for hydroxylation is 2. The normalized spacial score (nSPS) is 17.9. The molecule has 24 heavy (non-hydrogen) atoms. The quantitative estimate of drug-likeness (QED) is 0.759. The molecule has 2 N–H and O–H groups in total. The molecule has 0 bridgehead atoms. The summed E-state index contributed by atoms with van der Waals surface area (Å²) in [6.07, 6.45) is 1.85. The number of β-amino-alcohol motifs (C(OH)–C–C–N with tert-alkyl or cyclic N) is 1. The monoisotopic (exact) mass is 336 g/mol. The van der Waals surface area contributed by atoms with Gasteiger partial charge in [0.25, 0.3) is 0 Å². The van der Waals surface area contributed by atoms with E-state index in [2.05, 4.69) is 36.2 Å². The van der Waals surface area contributed by atoms with E-state index in [1.54, 1.807) is 14.2 Å². The third-order valence-corrected chi connectivity index (χ3v) is 4.73. The maximum atomic E-state index is 9.82. The lowest BCUT2D eigenvalue weighted by atomic mass is 10.0. The average Bonchev–Trinajstić information content (AvgIpc) is 2.54. The molecule has 1 aliphatic rings. The molecule has 0 spiro atoms. The van der Waals surface area contributed by atoms with Gasteiger partial charge >= 0.3 is 0 Å². The minimum Gasteiger partial charge on any atom is -0.496 e. The molecule has 136 valence electrons. The van der Waals surface area contributed by atoms with Crippen LogP contribution in [0.25, 0.3) is 0 Å². The minimum absolute atomic E-state index is 0.384. The van der Waals surface area contributed by atoms with Crippen molar-refractivity contribution in [3.8, 4) is 5.75 Å². The summed E-state index contributed by atoms with van der Waals surface area (Å²) in [5.41, 5.74) is 3.69. The second-order valence-corrected chi connectivity index (χ2v) is 6.83. The molecule has 5 nitrogen and oxygen atoms in total. The summed E-state index contributed by atoms with van der Waals surface area (Å²) in [5.74, 6) is 0.988. The molecule has 1 heterocycles. The third-order valence-electron chi connectivity index (χ3n) is 4.73. The van der Waals surface area contributed by atoms with Crippen molar-refractivity contribution in [3.05, 3.63) is 28.8 Å². The van der Waals surface area contributed by atoms with Gasteiger partial charge in [0.05, 0.1) is 19.8 Å². The molecule has 0 saturated carbocycles. The minimum atomic E-state index is -0.384. The number of nitrogens with zero attached hydrogens (tertiary/aromatic N) is 1. The molecule has 0 aliphatic carbocycles. The number of piperidine rings is 1. The predicted octanol–water partition coefficient (Wildman–Crippen LogP) is 1.87. The van der Waals surface area contributed by atoms with Crippen LogP contribution in [0, 0.1) is 13.8 Å². The molecule has 1 unspecified atom stereocenters. The van der Waals surface area contributed by atoms with Crippen LogP contribution in [0.1, 0.15) is 29.5 Å². The number of nitrogens with one attached hydrogen (secondary N) is 1. The second kappa shape index (κ2) is 9.37. The number of aliphatic hydroxyl groups excluding tert-OH is 1. The Bertz CT molecular complexity index is 490. The summed E-state index contributed by atoms with van der Waals surface area (Å²) >= 11 is 0. The van der Waals surface area contributed by atoms with Crippen LogP contribution in [-0.4, -0.2) is 62.6 Å². The van der Waals surface area contributed by atoms with Crippen LogP contribution in [0.4, 0.5) is 0 Å². The molecule has 0 aromatic heterocycles. The van der Waals surface area contributed by atoms with Crippen molar-refractivity contribution < 1.29 is 14.6 Å². The Hall–Kier alpha value is -1.14. The second-order valence-electron chi connectivity index (χ2n) is 6.83. The molecule has 1 aromatic carbocycles. The Morgan fingerprint density at radius 3 is 2.38 bits per heavy atom. The van der Waals surface area contributed by atoms with Crippen molar-refractivity contribution in [2.75, 3.05) is 40.5 Å². The van der Waals surface area contributed by atoms with Crippen LogP contribution in [0.3, 0.4) is 0 Å². The summed E-state index contributed by atoms with van der Waals surface area (Å²) in [6.45, 7) is 8.25. The number of methoxy groups -OCH3 is 2. The molecule has 1 aliphatic heterocycles. The van der Waals surface area contributed by atoms with E-state index in [9.17, 15) is 5.11 Å². The van der Waals surface area contributed by atoms with E-state index < -0.39 is 0 Å². The average molecular weight is 336 g/mol. The van der Waals surface area contributed by atoms with E-state index in [1.165, 1.54) is 16.7 Å². The van der Waals surface area contributed by atoms with Gasteiger partial charge in [0.1, 0.15) is 5.75 Å². The van der Waals surface area contributed by atoms with Gasteiger partial charge in [-0.2, -0.15) is 0 Å². The lowest BCUT2D eigenvalue weighted by Gasteiger charge is -2.33. The first-order valence-electron chi connectivity index (χ1n) is 8.80. The summed E-state index contributed by atoms with van der Waals surface area (Å²) in [7, 11) is 3.35. The fourth-order valence-electron chi connectivity index (χ4n) is 3.59. The standard InChI is InChI=1S/C19H32N2O3/c1-14-9-16(10-15(2)19(14)24-4)11-20-17-5-7-21(8-6-17)12-18(22)13-23-3/h9-10,17-18,20,22H,5-8,11-13H2,1-4H3. The molecule has 0 amide bonds. The van der Waals surface area contributed by atoms with Crippen molar-refractivity contribution in [1.82, 2.24) is 10.2 Å². The van der Waals surface area contributed by atoms with Crippen molar-refractivity contribution in [2.24, 2.45) is 0 Å². The molecule has 0 radical (unpaired) electrons. The zero-order valence-electron chi connectivity index (χ0n) is 15.5. The maximum absolute atomic E-state index is 9.82. The van der Waals surface area contributed by atoms with Gasteiger partial charge < -0.3 is 24.8 Å². The molecule has 2 rings (SSSR count). The Balaban J connectivity index is 1.77. The number of hydrogen-bond donors (Lipinski definition) is 2. The smallest absolute Gasteiger partial charge is 0.124 e. The van der Waals surface area contributed by atoms with Crippen LogP contribution in [0.5, 0.6) is 5.75 Å². The predicted molar refractivity (Wildman–Crippen MR) is 96.7 cm³/mol. The fraction of sp³-hybridized carbons (Fsp3) is 0.684. The molecular formula is C19H32N2O3. The SMILES string of the molecule is COCC(O)CN1CCC(NCc2cc(C)c(OC)c(C)c2)CC1. The summed E-state index contributed by atoms with van der Waals surface area (Å²) in [4.78, 5) is 2.32. The summed E-state index contributed by atoms with van der Waals surface area (Å²) in [6, 6.07) is 4.95. The Morgan fingerprint density at radius 1 is 1.21 bits per heavy atom. The highest BCUT2D eigenvalue weighted by Gasteiger charge is 2.20. The van der Waals surface area contributed by atoms with E-state index in [1.807, 2.05) is 0 Å². The Labute approximate surface area is 146 Å². The van der Waals surface area contributed by atoms with Gasteiger partial charge in [0, 0.05) is 26.2 Å². The Morgan fingerprint density at radius 2 is 1.83 bits per heavy atom. The van der Waals surface area contributed by atoms with Gasteiger partial charge in [-0.05, 0) is 56.5 Å². The largest absolute Gasteiger partial charge is 0.496 e. The molecule has 1 fully saturated rings. The number of aliphatic hydroxyl groups is 1. The molecule has 1 aromatic rings. The first-order valence-corrected chi connectivity index (χ1v) is 8.80. The van der Waals surface area contributed by atoms with Crippen LogP contribution in [0.2, 0.25) is 0 Å². The maximum Gasteiger partial charge on any atom is 0.124 e. The zero-order valence-corrected chi connectivity index (χ0v) is 15.5. The van der Waals surface area contributed by atoms with E-state index in [-0.39, 0.29) is 6.10 Å². The van der Waals surface area contributed by atoms with Crippen molar-refractivity contribution in [2.45, 2.75) is 45.4 Å². The van der Waals surface area contributed by atoms with E-state index in [4.69, 9.17) is 9.47 Å². The van der Waals surface area contributed by atoms with Crippen molar-refractivity contribution in [3.63, 3.8) is 0 Å². The summed E-state index contributed by atoms with van der Waals surface area (Å²) < 4.78 is 10.4. The van der Waals surface area contributed by atoms with Gasteiger partial charge in [-0.15, -0.1) is 0 Å². The van der Waals surface area contributed by atoms with Crippen molar-refractivity contribution >= 4 is 0 Å². The van der Waals surface area contributed by atoms with E-state index in [0.29, 0.717) is 19.2 Å². The first kappa shape index (κ1) is 19.2. The van der Waals surface area contributed by atoms with Crippen molar-refractivity contribution in [1.29, 1.82) is 0 Å². The van der Waals surface area contributed by atoms with Crippen LogP contribution in [0.15, 0.2) is 12.1 Å². The number of ether oxygens (including phenoxy) is 2. The Kier molecular flexibility index (Phi) is 7.49. The van der Waals surface area contributed by atoms with Gasteiger partial charge in [-0.1, -0.05) is 12.1 Å². The highest BCUT2D eigenvalue weighted by atomic mass is 16.5. The third kappa shape index (κ3) is 5.45. The van der Waals surface area contributed by atoms with E-state index >= 15 is 0 Å². The van der Waals surface area contributed by atoms with Crippen LogP contribution < -0.4 is 10.1 Å². The van der Waals surface area contributed by atoms with E-state index in [0.717, 1.165) is 38.2 Å². The highest BCUT2D eigenvalue weighted by Crippen LogP contribution is 2.24. The molecule has 1 saturated heterocycles. The van der Waals surface area contributed by atoms with Gasteiger partial charge in [0.2, 0.25) is 0 Å². The van der Waals surface area contributed by atoms with Crippen LogP contribution in [-0.2, 0) is 11.3 Å². The number of benzene rings is 1. The number of hydrogen-bond acceptors (Lipinski definition) is 5. The zero-order chi connectivity index (χ0) is 17.5. The topological polar surface area (TPSA) is 54.0 Å². The lowest BCUT2D eigenvalue weighted by Crippen LogP contribution is -2.45. The lowest BCUT2D eigenvalue weighted by molar-refractivity contribution is 0.0310. The van der Waals surface area contributed by atoms with Gasteiger partial charge in [-0.25, -0.2) is 0 Å². The highest BCUT2D eigenvalue weighted by molar-refractivity contribution is 5.43. The number of likely N-dealkylation sites (tertiary alicyclic amines) is 1. The van der Waals surface area contributed by atoms with Gasteiger partial charge in [-0.3, -0.25) is 0 Å². The summed E-state index contributed by atoms with van der Waals surface area (Å²) in [5, 5.41) is 13.5. The first-order chi connectivity index (χ1) is 11.5. The van der Waals surface area contributed by atoms with Gasteiger partial charge in [0.15, 0.2) is 0 Å².